The molecule has 0 atom stereocenters. The van der Waals surface area contributed by atoms with Crippen LogP contribution in [-0.4, -0.2) is 56.0 Å². The zero-order chi connectivity index (χ0) is 22.4. The van der Waals surface area contributed by atoms with Gasteiger partial charge in [-0.25, -0.2) is 13.4 Å². The Morgan fingerprint density at radius 2 is 1.87 bits per heavy atom. The lowest BCUT2D eigenvalue weighted by Gasteiger charge is -2.31. The fraction of sp³-hybridized carbons (Fsp3) is 0.455. The number of rotatable bonds is 8. The van der Waals surface area contributed by atoms with E-state index in [9.17, 15) is 13.2 Å². The summed E-state index contributed by atoms with van der Waals surface area (Å²) in [5.41, 5.74) is 1.83. The topological polar surface area (TPSA) is 82.6 Å². The molecule has 1 aliphatic rings. The van der Waals surface area contributed by atoms with E-state index in [1.807, 2.05) is 26.2 Å². The average molecular weight is 463 g/mol. The van der Waals surface area contributed by atoms with Gasteiger partial charge in [0.2, 0.25) is 10.0 Å². The Morgan fingerprint density at radius 3 is 2.52 bits per heavy atom. The number of benzene rings is 1. The molecule has 1 N–H and O–H groups in total. The zero-order valence-corrected chi connectivity index (χ0v) is 19.9. The summed E-state index contributed by atoms with van der Waals surface area (Å²) < 4.78 is 27.6. The van der Waals surface area contributed by atoms with Crippen LogP contribution in [0.4, 0.5) is 11.4 Å². The number of piperidine rings is 1. The first kappa shape index (κ1) is 23.6. The van der Waals surface area contributed by atoms with Crippen LogP contribution in [-0.2, 0) is 10.0 Å². The first-order chi connectivity index (χ1) is 14.9. The molecule has 1 fully saturated rings. The van der Waals surface area contributed by atoms with Gasteiger partial charge in [-0.2, -0.15) is 4.31 Å². The molecule has 168 valence electrons. The van der Waals surface area contributed by atoms with Crippen LogP contribution < -0.4 is 10.2 Å². The first-order valence-corrected chi connectivity index (χ1v) is 13.3. The Bertz CT molecular complexity index is 1020. The Balaban J connectivity index is 2.03. The summed E-state index contributed by atoms with van der Waals surface area (Å²) in [6, 6.07) is 8.50. The maximum absolute atomic E-state index is 13.1. The predicted octanol–water partition coefficient (Wildman–Crippen LogP) is 4.08. The smallest absolute Gasteiger partial charge is 0.258 e. The number of hydrogen-bond acceptors (Lipinski definition) is 6. The van der Waals surface area contributed by atoms with Gasteiger partial charge in [-0.15, -0.1) is 11.8 Å². The molecule has 1 amide bonds. The van der Waals surface area contributed by atoms with Crippen LogP contribution in [0, 0.1) is 0 Å². The largest absolute Gasteiger partial charge is 0.370 e. The van der Waals surface area contributed by atoms with Gasteiger partial charge in [0, 0.05) is 32.4 Å². The first-order valence-electron chi connectivity index (χ1n) is 10.6. The van der Waals surface area contributed by atoms with Crippen molar-refractivity contribution in [2.75, 3.05) is 42.7 Å². The number of anilines is 2. The summed E-state index contributed by atoms with van der Waals surface area (Å²) in [7, 11) is -3.64. The minimum atomic E-state index is -3.64. The highest BCUT2D eigenvalue weighted by Crippen LogP contribution is 2.33. The van der Waals surface area contributed by atoms with E-state index in [0.717, 1.165) is 31.6 Å². The van der Waals surface area contributed by atoms with Crippen LogP contribution in [0.5, 0.6) is 0 Å². The van der Waals surface area contributed by atoms with Crippen LogP contribution in [0.3, 0.4) is 0 Å². The number of nitrogens with one attached hydrogen (secondary N) is 1. The molecule has 0 spiro atoms. The summed E-state index contributed by atoms with van der Waals surface area (Å²) in [5.74, 6) is -0.298. The predicted molar refractivity (Wildman–Crippen MR) is 127 cm³/mol. The van der Waals surface area contributed by atoms with Gasteiger partial charge in [0.25, 0.3) is 5.91 Å². The van der Waals surface area contributed by atoms with Gasteiger partial charge in [0.05, 0.1) is 21.8 Å². The van der Waals surface area contributed by atoms with Gasteiger partial charge < -0.3 is 10.2 Å². The number of pyridine rings is 1. The molecule has 3 rings (SSSR count). The highest BCUT2D eigenvalue weighted by molar-refractivity contribution is 7.98. The molecule has 9 heteroatoms. The number of nitrogens with zero attached hydrogens (tertiary/aromatic N) is 3. The van der Waals surface area contributed by atoms with Crippen molar-refractivity contribution < 1.29 is 13.2 Å². The molecule has 1 aromatic carbocycles. The minimum absolute atomic E-state index is 0.184. The molecule has 1 aliphatic heterocycles. The van der Waals surface area contributed by atoms with Crippen LogP contribution in [0.2, 0.25) is 0 Å². The second-order valence-corrected chi connectivity index (χ2v) is 10.1. The van der Waals surface area contributed by atoms with E-state index in [4.69, 9.17) is 0 Å². The summed E-state index contributed by atoms with van der Waals surface area (Å²) in [4.78, 5) is 19.8. The van der Waals surface area contributed by atoms with Crippen LogP contribution >= 0.6 is 11.8 Å². The SMILES string of the molecule is CCN(CC)S(=O)(=O)c1ccc(N2CCCCC2)c(NC(=O)c2cccnc2SC)c1. The summed E-state index contributed by atoms with van der Waals surface area (Å²) in [6.45, 7) is 6.18. The lowest BCUT2D eigenvalue weighted by atomic mass is 10.1. The number of thioether (sulfide) groups is 1. The molecule has 0 aliphatic carbocycles. The Labute approximate surface area is 189 Å². The highest BCUT2D eigenvalue weighted by atomic mass is 32.2. The third kappa shape index (κ3) is 5.22. The van der Waals surface area contributed by atoms with Crippen molar-refractivity contribution in [3.8, 4) is 0 Å². The molecule has 1 aromatic heterocycles. The van der Waals surface area contributed by atoms with Crippen LogP contribution in [0.1, 0.15) is 43.5 Å². The summed E-state index contributed by atoms with van der Waals surface area (Å²) in [6.07, 6.45) is 6.85. The molecule has 31 heavy (non-hydrogen) atoms. The average Bonchev–Trinajstić information content (AvgIpc) is 2.80. The lowest BCUT2D eigenvalue weighted by Crippen LogP contribution is -2.32. The second kappa shape index (κ2) is 10.5. The van der Waals surface area contributed by atoms with E-state index in [2.05, 4.69) is 15.2 Å². The van der Waals surface area contributed by atoms with E-state index < -0.39 is 10.0 Å². The number of hydrogen-bond donors (Lipinski definition) is 1. The Kier molecular flexibility index (Phi) is 7.96. The van der Waals surface area contributed by atoms with Gasteiger partial charge >= 0.3 is 0 Å². The van der Waals surface area contributed by atoms with Crippen LogP contribution in [0.25, 0.3) is 0 Å². The molecule has 7 nitrogen and oxygen atoms in total. The van der Waals surface area contributed by atoms with Crippen molar-refractivity contribution in [2.24, 2.45) is 0 Å². The van der Waals surface area contributed by atoms with Crippen molar-refractivity contribution in [1.29, 1.82) is 0 Å². The standard InChI is InChI=1S/C22H30N4O3S2/c1-4-26(5-2)31(28,29)17-11-12-20(25-14-7-6-8-15-25)19(16-17)24-21(27)18-10-9-13-23-22(18)30-3/h9-13,16H,4-8,14-15H2,1-3H3,(H,24,27). The minimum Gasteiger partial charge on any atom is -0.370 e. The molecule has 0 saturated carbocycles. The summed E-state index contributed by atoms with van der Waals surface area (Å²) >= 11 is 1.40. The fourth-order valence-corrected chi connectivity index (χ4v) is 5.85. The monoisotopic (exact) mass is 462 g/mol. The highest BCUT2D eigenvalue weighted by Gasteiger charge is 2.25. The number of carbonyl (C=O) groups is 1. The number of aromatic nitrogens is 1. The van der Waals surface area contributed by atoms with Crippen molar-refractivity contribution in [3.05, 3.63) is 42.1 Å². The fourth-order valence-electron chi connectivity index (χ4n) is 3.81. The number of carbonyl (C=O) groups excluding carboxylic acids is 1. The van der Waals surface area contributed by atoms with Crippen LogP contribution in [0.15, 0.2) is 46.5 Å². The van der Waals surface area contributed by atoms with Crippen molar-refractivity contribution in [3.63, 3.8) is 0 Å². The van der Waals surface area contributed by atoms with E-state index in [1.54, 1.807) is 30.5 Å². The quantitative estimate of drug-likeness (QED) is 0.596. The second-order valence-electron chi connectivity index (χ2n) is 7.33. The maximum atomic E-state index is 13.1. The van der Waals surface area contributed by atoms with Gasteiger partial charge in [-0.1, -0.05) is 13.8 Å². The Hall–Kier alpha value is -2.10. The lowest BCUT2D eigenvalue weighted by molar-refractivity contribution is 0.102. The molecule has 2 aromatic rings. The number of amides is 1. The van der Waals surface area contributed by atoms with E-state index >= 15 is 0 Å². The van der Waals surface area contributed by atoms with Gasteiger partial charge in [-0.3, -0.25) is 4.79 Å². The molecular formula is C22H30N4O3S2. The number of sulfonamides is 1. The van der Waals surface area contributed by atoms with Gasteiger partial charge in [0.15, 0.2) is 0 Å². The summed E-state index contributed by atoms with van der Waals surface area (Å²) in [5, 5.41) is 3.60. The van der Waals surface area contributed by atoms with Crippen molar-refractivity contribution in [1.82, 2.24) is 9.29 Å². The molecule has 0 unspecified atom stereocenters. The molecular weight excluding hydrogens is 432 g/mol. The maximum Gasteiger partial charge on any atom is 0.258 e. The van der Waals surface area contributed by atoms with Crippen molar-refractivity contribution >= 4 is 39.1 Å². The normalized spacial score (nSPS) is 14.6. The van der Waals surface area contributed by atoms with E-state index in [1.165, 1.54) is 22.5 Å². The van der Waals surface area contributed by atoms with E-state index in [0.29, 0.717) is 29.4 Å². The third-order valence-electron chi connectivity index (χ3n) is 5.47. The molecule has 1 saturated heterocycles. The molecule has 0 bridgehead atoms. The zero-order valence-electron chi connectivity index (χ0n) is 18.3. The van der Waals surface area contributed by atoms with E-state index in [-0.39, 0.29) is 10.8 Å². The van der Waals surface area contributed by atoms with Crippen molar-refractivity contribution in [2.45, 2.75) is 43.0 Å². The van der Waals surface area contributed by atoms with Gasteiger partial charge in [-0.05, 0) is 55.9 Å². The Morgan fingerprint density at radius 1 is 1.16 bits per heavy atom. The third-order valence-corrected chi connectivity index (χ3v) is 8.22. The van der Waals surface area contributed by atoms with Gasteiger partial charge in [0.1, 0.15) is 5.03 Å². The molecule has 2 heterocycles. The molecule has 0 radical (unpaired) electrons.